The van der Waals surface area contributed by atoms with E-state index in [9.17, 15) is 0 Å². The molecule has 2 heterocycles. The Morgan fingerprint density at radius 2 is 1.70 bits per heavy atom. The van der Waals surface area contributed by atoms with Gasteiger partial charge in [-0.15, -0.1) is 0 Å². The van der Waals surface area contributed by atoms with E-state index in [1.165, 1.54) is 11.1 Å². The first-order valence-corrected chi connectivity index (χ1v) is 10.2. The molecule has 0 atom stereocenters. The van der Waals surface area contributed by atoms with Gasteiger partial charge in [0.2, 0.25) is 0 Å². The maximum Gasteiger partial charge on any atom is 0.139 e. The predicted molar refractivity (Wildman–Crippen MR) is 125 cm³/mol. The predicted octanol–water partition coefficient (Wildman–Crippen LogP) is 6.86. The Balaban J connectivity index is 1.83. The highest BCUT2D eigenvalue weighted by Gasteiger charge is 2.32. The second-order valence-electron chi connectivity index (χ2n) is 8.44. The van der Waals surface area contributed by atoms with Crippen molar-refractivity contribution in [1.29, 1.82) is 0 Å². The van der Waals surface area contributed by atoms with Crippen molar-refractivity contribution in [1.82, 2.24) is 0 Å². The molecule has 0 fully saturated rings. The Bertz CT molecular complexity index is 1200. The number of ether oxygens (including phenoxy) is 2. The van der Waals surface area contributed by atoms with Gasteiger partial charge in [-0.3, -0.25) is 0 Å². The van der Waals surface area contributed by atoms with Crippen LogP contribution in [0.2, 0.25) is 0 Å². The zero-order valence-corrected chi connectivity index (χ0v) is 17.7. The summed E-state index contributed by atoms with van der Waals surface area (Å²) in [5.41, 5.74) is 7.79. The van der Waals surface area contributed by atoms with Crippen molar-refractivity contribution in [3.8, 4) is 22.6 Å². The van der Waals surface area contributed by atoms with Crippen LogP contribution in [0.3, 0.4) is 0 Å². The average Bonchev–Trinajstić information content (AvgIpc) is 2.72. The van der Waals surface area contributed by atoms with Crippen molar-refractivity contribution in [3.05, 3.63) is 83.4 Å². The van der Waals surface area contributed by atoms with Gasteiger partial charge in [0.05, 0.1) is 18.2 Å². The summed E-state index contributed by atoms with van der Waals surface area (Å²) >= 11 is 0. The van der Waals surface area contributed by atoms with Crippen molar-refractivity contribution in [2.24, 2.45) is 0 Å². The third kappa shape index (κ3) is 2.98. The zero-order chi connectivity index (χ0) is 20.9. The van der Waals surface area contributed by atoms with Crippen molar-refractivity contribution >= 4 is 23.1 Å². The molecule has 150 valence electrons. The van der Waals surface area contributed by atoms with E-state index in [1.54, 1.807) is 7.11 Å². The Morgan fingerprint density at radius 1 is 0.900 bits per heavy atom. The summed E-state index contributed by atoms with van der Waals surface area (Å²) < 4.78 is 12.2. The Kier molecular flexibility index (Phi) is 4.21. The number of nitrogens with one attached hydrogen (secondary N) is 1. The van der Waals surface area contributed by atoms with E-state index in [0.717, 1.165) is 45.2 Å². The minimum atomic E-state index is -0.0975. The Hall–Kier alpha value is -3.46. The number of allylic oxidation sites excluding steroid dienone is 1. The largest absolute Gasteiger partial charge is 0.496 e. The van der Waals surface area contributed by atoms with Crippen LogP contribution in [0.5, 0.6) is 11.5 Å². The molecular formula is C27H25NO2. The fraction of sp³-hybridized carbons (Fsp3) is 0.185. The van der Waals surface area contributed by atoms with E-state index in [0.29, 0.717) is 0 Å². The van der Waals surface area contributed by atoms with Crippen LogP contribution in [0.15, 0.2) is 66.7 Å². The van der Waals surface area contributed by atoms with Gasteiger partial charge in [-0.25, -0.2) is 0 Å². The van der Waals surface area contributed by atoms with Crippen LogP contribution in [0.1, 0.15) is 37.5 Å². The minimum absolute atomic E-state index is 0.0975. The van der Waals surface area contributed by atoms with E-state index in [1.807, 2.05) is 36.4 Å². The summed E-state index contributed by atoms with van der Waals surface area (Å²) in [7, 11) is 1.71. The zero-order valence-electron chi connectivity index (χ0n) is 17.7. The fourth-order valence-electron chi connectivity index (χ4n) is 4.58. The number of hydrogen-bond acceptors (Lipinski definition) is 3. The SMILES string of the molecule is COc1cccc2c1-c1ccc3c(c1/C(=C\c1ccccc1)O2)C(C)=CC(C)(C)N3. The van der Waals surface area contributed by atoms with Gasteiger partial charge in [0.1, 0.15) is 17.3 Å². The fourth-order valence-corrected chi connectivity index (χ4v) is 4.58. The van der Waals surface area contributed by atoms with Gasteiger partial charge < -0.3 is 14.8 Å². The average molecular weight is 396 g/mol. The molecule has 0 aromatic heterocycles. The lowest BCUT2D eigenvalue weighted by Crippen LogP contribution is -2.32. The van der Waals surface area contributed by atoms with Crippen molar-refractivity contribution in [2.75, 3.05) is 12.4 Å². The van der Waals surface area contributed by atoms with Gasteiger partial charge in [-0.05, 0) is 56.2 Å². The van der Waals surface area contributed by atoms with E-state index >= 15 is 0 Å². The number of rotatable bonds is 2. The van der Waals surface area contributed by atoms with Crippen LogP contribution in [-0.4, -0.2) is 12.6 Å². The van der Waals surface area contributed by atoms with Crippen molar-refractivity contribution < 1.29 is 9.47 Å². The quantitative estimate of drug-likeness (QED) is 0.514. The molecule has 1 N–H and O–H groups in total. The van der Waals surface area contributed by atoms with Crippen molar-refractivity contribution in [3.63, 3.8) is 0 Å². The maximum absolute atomic E-state index is 6.50. The van der Waals surface area contributed by atoms with Crippen LogP contribution < -0.4 is 14.8 Å². The number of hydrogen-bond donors (Lipinski definition) is 1. The summed E-state index contributed by atoms with van der Waals surface area (Å²) in [6.45, 7) is 6.56. The summed E-state index contributed by atoms with van der Waals surface area (Å²) in [5, 5.41) is 3.66. The van der Waals surface area contributed by atoms with Gasteiger partial charge in [-0.1, -0.05) is 48.5 Å². The van der Waals surface area contributed by atoms with E-state index in [2.05, 4.69) is 62.5 Å². The minimum Gasteiger partial charge on any atom is -0.496 e. The molecule has 0 saturated carbocycles. The van der Waals surface area contributed by atoms with Crippen LogP contribution in [0.25, 0.3) is 28.5 Å². The molecule has 0 amide bonds. The van der Waals surface area contributed by atoms with Crippen LogP contribution in [-0.2, 0) is 0 Å². The molecule has 0 unspecified atom stereocenters. The molecule has 0 radical (unpaired) electrons. The van der Waals surface area contributed by atoms with Crippen molar-refractivity contribution in [2.45, 2.75) is 26.3 Å². The van der Waals surface area contributed by atoms with Gasteiger partial charge in [-0.2, -0.15) is 0 Å². The van der Waals surface area contributed by atoms with E-state index < -0.39 is 0 Å². The molecule has 5 rings (SSSR count). The maximum atomic E-state index is 6.50. The Labute approximate surface area is 177 Å². The number of anilines is 1. The number of methoxy groups -OCH3 is 1. The standard InChI is InChI=1S/C27H25NO2/c1-17-16-27(2,3)28-20-14-13-19-25-21(29-4)11-8-12-22(25)30-23(26(19)24(17)20)15-18-9-6-5-7-10-18/h5-16,28H,1-4H3/b23-15+. The van der Waals surface area contributed by atoms with Crippen LogP contribution in [0.4, 0.5) is 5.69 Å². The molecule has 0 aliphatic carbocycles. The molecule has 2 aliphatic heterocycles. The summed E-state index contributed by atoms with van der Waals surface area (Å²) in [6.07, 6.45) is 4.40. The van der Waals surface area contributed by atoms with Crippen LogP contribution >= 0.6 is 0 Å². The summed E-state index contributed by atoms with van der Waals surface area (Å²) in [4.78, 5) is 0. The number of benzene rings is 3. The normalized spacial score (nSPS) is 17.1. The Morgan fingerprint density at radius 3 is 2.47 bits per heavy atom. The lowest BCUT2D eigenvalue weighted by molar-refractivity contribution is 0.412. The van der Waals surface area contributed by atoms with Crippen LogP contribution in [0, 0.1) is 0 Å². The molecule has 0 saturated heterocycles. The van der Waals surface area contributed by atoms with Gasteiger partial charge in [0, 0.05) is 22.4 Å². The molecular weight excluding hydrogens is 370 g/mol. The molecule has 3 aromatic rings. The lowest BCUT2D eigenvalue weighted by Gasteiger charge is -2.35. The molecule has 3 aromatic carbocycles. The summed E-state index contributed by atoms with van der Waals surface area (Å²) in [5.74, 6) is 2.48. The van der Waals surface area contributed by atoms with E-state index in [4.69, 9.17) is 9.47 Å². The summed E-state index contributed by atoms with van der Waals surface area (Å²) in [6, 6.07) is 20.6. The van der Waals surface area contributed by atoms with Gasteiger partial charge in [0.25, 0.3) is 0 Å². The lowest BCUT2D eigenvalue weighted by atomic mass is 9.83. The monoisotopic (exact) mass is 395 g/mol. The van der Waals surface area contributed by atoms with Gasteiger partial charge in [0.15, 0.2) is 0 Å². The molecule has 2 aliphatic rings. The van der Waals surface area contributed by atoms with E-state index in [-0.39, 0.29) is 5.54 Å². The smallest absolute Gasteiger partial charge is 0.139 e. The first kappa shape index (κ1) is 18.6. The third-order valence-electron chi connectivity index (χ3n) is 5.67. The first-order valence-electron chi connectivity index (χ1n) is 10.2. The first-order chi connectivity index (χ1) is 14.5. The second kappa shape index (κ2) is 6.81. The highest BCUT2D eigenvalue weighted by atomic mass is 16.5. The molecule has 0 spiro atoms. The highest BCUT2D eigenvalue weighted by Crippen LogP contribution is 2.51. The molecule has 30 heavy (non-hydrogen) atoms. The molecule has 3 nitrogen and oxygen atoms in total. The topological polar surface area (TPSA) is 30.5 Å². The second-order valence-corrected chi connectivity index (χ2v) is 8.44. The molecule has 0 bridgehead atoms. The van der Waals surface area contributed by atoms with Gasteiger partial charge >= 0.3 is 0 Å². The third-order valence-corrected chi connectivity index (χ3v) is 5.67. The molecule has 3 heteroatoms. The number of fused-ring (bicyclic) bond motifs is 5. The highest BCUT2D eigenvalue weighted by molar-refractivity contribution is 6.01.